The Balaban J connectivity index is 3.01. The third-order valence-corrected chi connectivity index (χ3v) is 17.5. The highest BCUT2D eigenvalue weighted by molar-refractivity contribution is 14.1. The molecule has 28 heavy (non-hydrogen) atoms. The highest BCUT2D eigenvalue weighted by Crippen LogP contribution is 2.42. The average Bonchev–Trinajstić information content (AvgIpc) is 2.51. The highest BCUT2D eigenvalue weighted by Gasteiger charge is 2.47. The van der Waals surface area contributed by atoms with Crippen LogP contribution >= 0.6 is 22.6 Å². The molecule has 0 amide bonds. The van der Waals surface area contributed by atoms with Crippen LogP contribution in [0.5, 0.6) is 0 Å². The van der Waals surface area contributed by atoms with Gasteiger partial charge < -0.3 is 13.6 Å². The summed E-state index contributed by atoms with van der Waals surface area (Å²) in [7, 11) is -3.74. The number of ether oxygens (including phenoxy) is 1. The summed E-state index contributed by atoms with van der Waals surface area (Å²) in [6.07, 6.45) is 5.18. The normalized spacial score (nSPS) is 26.4. The number of unbranched alkanes of at least 4 members (excludes halogenated alkanes) is 1. The third kappa shape index (κ3) is 7.32. The maximum atomic E-state index is 6.95. The Labute approximate surface area is 191 Å². The Hall–Kier alpha value is 1.04. The van der Waals surface area contributed by atoms with Gasteiger partial charge in [-0.3, -0.25) is 0 Å². The lowest BCUT2D eigenvalue weighted by Gasteiger charge is -2.48. The second-order valence-electron chi connectivity index (χ2n) is 11.6. The topological polar surface area (TPSA) is 27.7 Å². The molecule has 0 aromatic carbocycles. The predicted octanol–water partition coefficient (Wildman–Crippen LogP) is 7.55. The zero-order valence-corrected chi connectivity index (χ0v) is 24.6. The van der Waals surface area contributed by atoms with Crippen LogP contribution < -0.4 is 0 Å². The molecule has 168 valence electrons. The van der Waals surface area contributed by atoms with Crippen LogP contribution in [0.1, 0.15) is 74.1 Å². The average molecular weight is 543 g/mol. The van der Waals surface area contributed by atoms with Crippen molar-refractivity contribution in [3.63, 3.8) is 0 Å². The van der Waals surface area contributed by atoms with Crippen molar-refractivity contribution < 1.29 is 13.6 Å². The van der Waals surface area contributed by atoms with Crippen LogP contribution in [0, 0.1) is 0 Å². The molecule has 0 aromatic rings. The van der Waals surface area contributed by atoms with Gasteiger partial charge in [-0.05, 0) is 42.7 Å². The van der Waals surface area contributed by atoms with Gasteiger partial charge >= 0.3 is 0 Å². The molecule has 0 bridgehead atoms. The lowest BCUT2D eigenvalue weighted by Crippen LogP contribution is -2.57. The lowest BCUT2D eigenvalue weighted by molar-refractivity contribution is -0.109. The van der Waals surface area contributed by atoms with Gasteiger partial charge in [0.2, 0.25) is 0 Å². The first kappa shape index (κ1) is 27.1. The molecule has 1 fully saturated rings. The van der Waals surface area contributed by atoms with Crippen molar-refractivity contribution in [3.8, 4) is 0 Å². The Bertz CT molecular complexity index is 483. The zero-order valence-electron chi connectivity index (χ0n) is 20.4. The van der Waals surface area contributed by atoms with Gasteiger partial charge in [0.05, 0.1) is 24.9 Å². The SMILES string of the molecule is CCCC[C@@H](I)[C@H]1C[C@H](O[Si](C)(C)C(C)(C)C)[C@@H](O[Si](C)(C)C(C)(C)C)CO1. The first-order valence-corrected chi connectivity index (χ1v) is 18.2. The molecule has 0 saturated carbocycles. The highest BCUT2D eigenvalue weighted by atomic mass is 127. The zero-order chi connectivity index (χ0) is 22.0. The van der Waals surface area contributed by atoms with E-state index in [0.29, 0.717) is 10.5 Å². The monoisotopic (exact) mass is 542 g/mol. The van der Waals surface area contributed by atoms with Gasteiger partial charge in [-0.1, -0.05) is 83.9 Å². The Kier molecular flexibility index (Phi) is 9.78. The van der Waals surface area contributed by atoms with Crippen molar-refractivity contribution in [2.45, 2.75) is 133 Å². The fraction of sp³-hybridized carbons (Fsp3) is 1.00. The van der Waals surface area contributed by atoms with E-state index in [0.717, 1.165) is 6.42 Å². The van der Waals surface area contributed by atoms with Crippen LogP contribution in [0.4, 0.5) is 0 Å². The Morgan fingerprint density at radius 2 is 1.39 bits per heavy atom. The molecular weight excluding hydrogens is 495 g/mol. The fourth-order valence-corrected chi connectivity index (χ4v) is 6.59. The van der Waals surface area contributed by atoms with Gasteiger partial charge in [-0.2, -0.15) is 0 Å². The number of halogens is 1. The van der Waals surface area contributed by atoms with Crippen LogP contribution in [0.3, 0.4) is 0 Å². The minimum atomic E-state index is -1.87. The largest absolute Gasteiger partial charge is 0.411 e. The maximum Gasteiger partial charge on any atom is 0.192 e. The van der Waals surface area contributed by atoms with Crippen molar-refractivity contribution in [3.05, 3.63) is 0 Å². The van der Waals surface area contributed by atoms with Crippen molar-refractivity contribution in [1.29, 1.82) is 0 Å². The van der Waals surface area contributed by atoms with Gasteiger partial charge in [-0.15, -0.1) is 0 Å². The predicted molar refractivity (Wildman–Crippen MR) is 136 cm³/mol. The van der Waals surface area contributed by atoms with Crippen LogP contribution in [-0.4, -0.2) is 45.5 Å². The second kappa shape index (κ2) is 10.1. The van der Waals surface area contributed by atoms with Crippen molar-refractivity contribution >= 4 is 39.2 Å². The molecule has 0 N–H and O–H groups in total. The van der Waals surface area contributed by atoms with Gasteiger partial charge in [0, 0.05) is 10.3 Å². The molecule has 6 heteroatoms. The minimum absolute atomic E-state index is 0.0565. The Morgan fingerprint density at radius 1 is 0.929 bits per heavy atom. The minimum Gasteiger partial charge on any atom is -0.411 e. The smallest absolute Gasteiger partial charge is 0.192 e. The Morgan fingerprint density at radius 3 is 1.82 bits per heavy atom. The van der Waals surface area contributed by atoms with E-state index >= 15 is 0 Å². The molecule has 1 rings (SSSR count). The van der Waals surface area contributed by atoms with E-state index in [1.54, 1.807) is 0 Å². The van der Waals surface area contributed by atoms with E-state index in [1.165, 1.54) is 19.3 Å². The summed E-state index contributed by atoms with van der Waals surface area (Å²) in [6, 6.07) is 0. The molecule has 0 unspecified atom stereocenters. The summed E-state index contributed by atoms with van der Waals surface area (Å²) in [5, 5.41) is 0.395. The molecule has 3 nitrogen and oxygen atoms in total. The molecule has 4 atom stereocenters. The van der Waals surface area contributed by atoms with Crippen LogP contribution in [0.2, 0.25) is 36.3 Å². The third-order valence-electron chi connectivity index (χ3n) is 7.10. The molecular formula is C22H47IO3Si2. The standard InChI is InChI=1S/C22H47IO3Si2/c1-12-13-14-17(23)18-15-19(25-27(8,9)21(2,3)4)20(16-24-18)26-28(10,11)22(5,6)7/h17-20H,12-16H2,1-11H3/t17-,18-,19+,20+/m1/s1. The molecule has 1 saturated heterocycles. The summed E-state index contributed by atoms with van der Waals surface area (Å²) in [6.45, 7) is 26.2. The number of alkyl halides is 1. The van der Waals surface area contributed by atoms with Gasteiger partial charge in [0.15, 0.2) is 16.6 Å². The summed E-state index contributed by atoms with van der Waals surface area (Å²) in [5.74, 6) is 0. The van der Waals surface area contributed by atoms with Gasteiger partial charge in [0.1, 0.15) is 0 Å². The second-order valence-corrected chi connectivity index (χ2v) is 22.7. The van der Waals surface area contributed by atoms with Crippen LogP contribution in [0.15, 0.2) is 0 Å². The molecule has 0 spiro atoms. The van der Waals surface area contributed by atoms with E-state index in [4.69, 9.17) is 13.6 Å². The summed E-state index contributed by atoms with van der Waals surface area (Å²) in [4.78, 5) is 0. The van der Waals surface area contributed by atoms with E-state index in [1.807, 2.05) is 0 Å². The van der Waals surface area contributed by atoms with Crippen LogP contribution in [0.25, 0.3) is 0 Å². The lowest BCUT2D eigenvalue weighted by atomic mass is 9.99. The summed E-state index contributed by atoms with van der Waals surface area (Å²) >= 11 is 2.59. The molecule has 0 radical (unpaired) electrons. The summed E-state index contributed by atoms with van der Waals surface area (Å²) < 4.78 is 20.7. The molecule has 0 aromatic heterocycles. The van der Waals surface area contributed by atoms with E-state index < -0.39 is 16.6 Å². The molecule has 0 aliphatic carbocycles. The molecule has 1 aliphatic rings. The van der Waals surface area contributed by atoms with Gasteiger partial charge in [-0.25, -0.2) is 0 Å². The number of hydrogen-bond donors (Lipinski definition) is 0. The molecule has 1 aliphatic heterocycles. The van der Waals surface area contributed by atoms with Crippen molar-refractivity contribution in [2.75, 3.05) is 6.61 Å². The van der Waals surface area contributed by atoms with E-state index in [-0.39, 0.29) is 28.4 Å². The number of rotatable bonds is 8. The quantitative estimate of drug-likeness (QED) is 0.180. The molecule has 1 heterocycles. The first-order valence-electron chi connectivity index (χ1n) is 11.1. The van der Waals surface area contributed by atoms with Crippen molar-refractivity contribution in [2.24, 2.45) is 0 Å². The van der Waals surface area contributed by atoms with E-state index in [2.05, 4.69) is 97.2 Å². The van der Waals surface area contributed by atoms with E-state index in [9.17, 15) is 0 Å². The van der Waals surface area contributed by atoms with Crippen LogP contribution in [-0.2, 0) is 13.6 Å². The summed E-state index contributed by atoms with van der Waals surface area (Å²) in [5.41, 5.74) is 0. The number of hydrogen-bond acceptors (Lipinski definition) is 3. The van der Waals surface area contributed by atoms with Gasteiger partial charge in [0.25, 0.3) is 0 Å². The first-order chi connectivity index (χ1) is 12.5. The maximum absolute atomic E-state index is 6.95. The van der Waals surface area contributed by atoms with Crippen molar-refractivity contribution in [1.82, 2.24) is 0 Å². The fourth-order valence-electron chi connectivity index (χ4n) is 2.96.